The van der Waals surface area contributed by atoms with Crippen LogP contribution in [-0.2, 0) is 0 Å². The molecule has 0 unspecified atom stereocenters. The van der Waals surface area contributed by atoms with Crippen LogP contribution in [0.2, 0.25) is 0 Å². The topological polar surface area (TPSA) is 60.7 Å². The van der Waals surface area contributed by atoms with Crippen molar-refractivity contribution in [3.05, 3.63) is 0 Å². The lowest BCUT2D eigenvalue weighted by Gasteiger charge is -2.39. The molecule has 0 aromatic heterocycles. The van der Waals surface area contributed by atoms with E-state index in [1.165, 1.54) is 0 Å². The molecular weight excluding hydrogens is 296 g/mol. The number of halogens is 8. The van der Waals surface area contributed by atoms with Crippen LogP contribution in [0, 0.1) is 0 Å². The summed E-state index contributed by atoms with van der Waals surface area (Å²) in [6, 6.07) is 0. The molecular formula is C8H10F8O3. The van der Waals surface area contributed by atoms with Crippen molar-refractivity contribution >= 4 is 0 Å². The van der Waals surface area contributed by atoms with Crippen molar-refractivity contribution in [2.24, 2.45) is 0 Å². The summed E-state index contributed by atoms with van der Waals surface area (Å²) in [5.41, 5.74) is 0. The molecule has 0 heterocycles. The molecule has 116 valence electrons. The van der Waals surface area contributed by atoms with E-state index in [0.29, 0.717) is 0 Å². The second-order valence-corrected chi connectivity index (χ2v) is 3.81. The van der Waals surface area contributed by atoms with E-state index in [2.05, 4.69) is 0 Å². The monoisotopic (exact) mass is 306 g/mol. The van der Waals surface area contributed by atoms with Gasteiger partial charge < -0.3 is 15.3 Å². The standard InChI is InChI=1S/C8H10F8O3/c1-2-3-4(9,10)5(11,12)6(13,14)7(15,16)8(17,18)19/h17-19H,2-3H2,1H3. The van der Waals surface area contributed by atoms with Gasteiger partial charge in [0.1, 0.15) is 0 Å². The first-order valence-electron chi connectivity index (χ1n) is 4.74. The first-order chi connectivity index (χ1) is 8.06. The third-order valence-electron chi connectivity index (χ3n) is 2.23. The van der Waals surface area contributed by atoms with Gasteiger partial charge in [0.25, 0.3) is 0 Å². The number of hydrogen-bond acceptors (Lipinski definition) is 3. The molecule has 0 spiro atoms. The normalized spacial score (nSPS) is 15.8. The summed E-state index contributed by atoms with van der Waals surface area (Å²) in [7, 11) is 0. The van der Waals surface area contributed by atoms with Crippen LogP contribution in [0.1, 0.15) is 19.8 Å². The first-order valence-corrected chi connectivity index (χ1v) is 4.74. The van der Waals surface area contributed by atoms with Gasteiger partial charge in [0, 0.05) is 6.42 Å². The number of rotatable bonds is 6. The predicted molar refractivity (Wildman–Crippen MR) is 44.1 cm³/mol. The molecule has 0 bridgehead atoms. The van der Waals surface area contributed by atoms with Crippen molar-refractivity contribution in [2.75, 3.05) is 0 Å². The highest BCUT2D eigenvalue weighted by Gasteiger charge is 2.84. The van der Waals surface area contributed by atoms with Crippen LogP contribution in [0.4, 0.5) is 35.1 Å². The lowest BCUT2D eigenvalue weighted by atomic mass is 9.94. The Hall–Kier alpha value is -0.680. The Morgan fingerprint density at radius 2 is 1.05 bits per heavy atom. The zero-order valence-corrected chi connectivity index (χ0v) is 9.28. The predicted octanol–water partition coefficient (Wildman–Crippen LogP) is 1.96. The van der Waals surface area contributed by atoms with Gasteiger partial charge in [0.2, 0.25) is 0 Å². The van der Waals surface area contributed by atoms with Crippen molar-refractivity contribution in [1.29, 1.82) is 0 Å². The van der Waals surface area contributed by atoms with Crippen LogP contribution in [0.15, 0.2) is 0 Å². The second-order valence-electron chi connectivity index (χ2n) is 3.81. The maximum atomic E-state index is 12.9. The maximum absolute atomic E-state index is 12.9. The van der Waals surface area contributed by atoms with Gasteiger partial charge in [-0.3, -0.25) is 0 Å². The highest BCUT2D eigenvalue weighted by atomic mass is 19.4. The molecule has 0 saturated carbocycles. The van der Waals surface area contributed by atoms with Gasteiger partial charge in [0.15, 0.2) is 0 Å². The Bertz CT molecular complexity index is 322. The van der Waals surface area contributed by atoms with Gasteiger partial charge in [-0.25, -0.2) is 0 Å². The van der Waals surface area contributed by atoms with Crippen molar-refractivity contribution < 1.29 is 50.4 Å². The zero-order chi connectivity index (χ0) is 15.9. The summed E-state index contributed by atoms with van der Waals surface area (Å²) >= 11 is 0. The molecule has 3 nitrogen and oxygen atoms in total. The van der Waals surface area contributed by atoms with E-state index in [9.17, 15) is 35.1 Å². The molecule has 0 aliphatic carbocycles. The largest absolute Gasteiger partial charge is 0.395 e. The van der Waals surface area contributed by atoms with Crippen molar-refractivity contribution in [2.45, 2.75) is 49.4 Å². The fourth-order valence-electron chi connectivity index (χ4n) is 1.11. The summed E-state index contributed by atoms with van der Waals surface area (Å²) in [6.45, 7) is 0.911. The van der Waals surface area contributed by atoms with E-state index >= 15 is 0 Å². The summed E-state index contributed by atoms with van der Waals surface area (Å²) < 4.78 is 102. The second kappa shape index (κ2) is 4.70. The molecule has 0 aliphatic heterocycles. The van der Waals surface area contributed by atoms with Gasteiger partial charge in [-0.2, -0.15) is 35.1 Å². The Kier molecular flexibility index (Phi) is 4.53. The van der Waals surface area contributed by atoms with E-state index in [4.69, 9.17) is 15.3 Å². The molecule has 0 atom stereocenters. The van der Waals surface area contributed by atoms with Crippen molar-refractivity contribution in [1.82, 2.24) is 0 Å². The Labute approximate surface area is 101 Å². The molecule has 3 N–H and O–H groups in total. The van der Waals surface area contributed by atoms with Gasteiger partial charge in [0.05, 0.1) is 0 Å². The lowest BCUT2D eigenvalue weighted by Crippen LogP contribution is -2.69. The minimum atomic E-state index is -6.91. The third kappa shape index (κ3) is 2.63. The molecule has 19 heavy (non-hydrogen) atoms. The van der Waals surface area contributed by atoms with Crippen LogP contribution >= 0.6 is 0 Å². The lowest BCUT2D eigenvalue weighted by molar-refractivity contribution is -0.477. The van der Waals surface area contributed by atoms with Gasteiger partial charge in [-0.05, 0) is 0 Å². The molecule has 0 aromatic carbocycles. The maximum Gasteiger partial charge on any atom is 0.395 e. The number of hydrogen-bond donors (Lipinski definition) is 3. The van der Waals surface area contributed by atoms with E-state index < -0.39 is 42.5 Å². The SMILES string of the molecule is CCCC(F)(F)C(F)(F)C(F)(F)C(F)(F)C(O)(O)O. The zero-order valence-electron chi connectivity index (χ0n) is 9.28. The molecule has 0 amide bonds. The molecule has 11 heteroatoms. The van der Waals surface area contributed by atoms with Crippen LogP contribution in [0.5, 0.6) is 0 Å². The highest BCUT2D eigenvalue weighted by Crippen LogP contribution is 2.55. The minimum absolute atomic E-state index is 0.729. The fraction of sp³-hybridized carbons (Fsp3) is 1.00. The molecule has 0 rings (SSSR count). The number of alkyl halides is 8. The molecule has 0 radical (unpaired) electrons. The third-order valence-corrected chi connectivity index (χ3v) is 2.23. The smallest absolute Gasteiger partial charge is 0.339 e. The quantitative estimate of drug-likeness (QED) is 0.519. The molecule has 0 fully saturated rings. The Morgan fingerprint density at radius 1 is 0.684 bits per heavy atom. The van der Waals surface area contributed by atoms with Gasteiger partial charge in [-0.1, -0.05) is 13.3 Å². The van der Waals surface area contributed by atoms with E-state index in [-0.39, 0.29) is 0 Å². The average molecular weight is 306 g/mol. The molecule has 0 saturated heterocycles. The van der Waals surface area contributed by atoms with E-state index in [0.717, 1.165) is 6.92 Å². The highest BCUT2D eigenvalue weighted by molar-refractivity contribution is 5.05. The van der Waals surface area contributed by atoms with Crippen LogP contribution in [0.3, 0.4) is 0 Å². The van der Waals surface area contributed by atoms with Gasteiger partial charge >= 0.3 is 29.7 Å². The minimum Gasteiger partial charge on any atom is -0.339 e. The first kappa shape index (κ1) is 18.3. The van der Waals surface area contributed by atoms with Crippen LogP contribution < -0.4 is 0 Å². The van der Waals surface area contributed by atoms with Gasteiger partial charge in [-0.15, -0.1) is 0 Å². The summed E-state index contributed by atoms with van der Waals surface area (Å²) in [5, 5.41) is 23.8. The molecule has 0 aromatic rings. The van der Waals surface area contributed by atoms with Crippen molar-refractivity contribution in [3.8, 4) is 0 Å². The Morgan fingerprint density at radius 3 is 1.32 bits per heavy atom. The summed E-state index contributed by atoms with van der Waals surface area (Å²) in [5.74, 6) is -31.3. The van der Waals surface area contributed by atoms with Crippen molar-refractivity contribution in [3.63, 3.8) is 0 Å². The van der Waals surface area contributed by atoms with Crippen LogP contribution in [0.25, 0.3) is 0 Å². The van der Waals surface area contributed by atoms with Crippen LogP contribution in [-0.4, -0.2) is 45.0 Å². The fourth-order valence-corrected chi connectivity index (χ4v) is 1.11. The summed E-state index contributed by atoms with van der Waals surface area (Å²) in [6.07, 6.45) is -2.58. The van der Waals surface area contributed by atoms with E-state index in [1.807, 2.05) is 0 Å². The number of aliphatic hydroxyl groups is 3. The molecule has 0 aliphatic rings. The van der Waals surface area contributed by atoms with E-state index in [1.54, 1.807) is 0 Å². The average Bonchev–Trinajstić information content (AvgIpc) is 2.14. The Balaban J connectivity index is 5.77. The summed E-state index contributed by atoms with van der Waals surface area (Å²) in [4.78, 5) is 0.